The molecule has 6 heteroatoms. The molecular formula is C14H15Br2N3O. The van der Waals surface area contributed by atoms with E-state index in [9.17, 15) is 4.79 Å². The molecule has 0 bridgehead atoms. The van der Waals surface area contributed by atoms with Gasteiger partial charge in [-0.25, -0.2) is 4.68 Å². The molecular weight excluding hydrogens is 386 g/mol. The molecule has 1 atom stereocenters. The molecule has 0 radical (unpaired) electrons. The fraction of sp³-hybridized carbons (Fsp3) is 0.286. The zero-order valence-corrected chi connectivity index (χ0v) is 14.4. The predicted octanol–water partition coefficient (Wildman–Crippen LogP) is 3.96. The molecule has 0 aliphatic carbocycles. The zero-order chi connectivity index (χ0) is 14.7. The van der Waals surface area contributed by atoms with Gasteiger partial charge < -0.3 is 5.32 Å². The summed E-state index contributed by atoms with van der Waals surface area (Å²) in [4.78, 5) is 12.0. The first-order chi connectivity index (χ1) is 9.52. The molecule has 1 aromatic carbocycles. The quantitative estimate of drug-likeness (QED) is 0.844. The van der Waals surface area contributed by atoms with Gasteiger partial charge in [0.2, 0.25) is 0 Å². The van der Waals surface area contributed by atoms with Crippen molar-refractivity contribution in [2.75, 3.05) is 5.32 Å². The number of rotatable bonds is 4. The van der Waals surface area contributed by atoms with Gasteiger partial charge in [0.1, 0.15) is 4.47 Å². The first kappa shape index (κ1) is 15.3. The Morgan fingerprint density at radius 1 is 1.30 bits per heavy atom. The maximum atomic E-state index is 12.0. The van der Waals surface area contributed by atoms with E-state index in [1.54, 1.807) is 6.20 Å². The molecule has 0 aliphatic heterocycles. The first-order valence-electron chi connectivity index (χ1n) is 6.30. The van der Waals surface area contributed by atoms with Crippen molar-refractivity contribution in [2.45, 2.75) is 26.4 Å². The Hall–Kier alpha value is -1.14. The monoisotopic (exact) mass is 399 g/mol. The minimum Gasteiger partial charge on any atom is -0.376 e. The summed E-state index contributed by atoms with van der Waals surface area (Å²) in [7, 11) is 0. The lowest BCUT2D eigenvalue weighted by Crippen LogP contribution is -2.24. The number of aromatic nitrogens is 2. The molecule has 1 heterocycles. The van der Waals surface area contributed by atoms with Gasteiger partial charge in [-0.1, -0.05) is 28.1 Å². The third-order valence-electron chi connectivity index (χ3n) is 3.03. The largest absolute Gasteiger partial charge is 0.376 e. The topological polar surface area (TPSA) is 46.9 Å². The van der Waals surface area contributed by atoms with Crippen molar-refractivity contribution < 1.29 is 0 Å². The van der Waals surface area contributed by atoms with E-state index >= 15 is 0 Å². The van der Waals surface area contributed by atoms with Crippen molar-refractivity contribution >= 4 is 37.5 Å². The van der Waals surface area contributed by atoms with Crippen LogP contribution in [-0.4, -0.2) is 9.78 Å². The molecule has 1 unspecified atom stereocenters. The standard InChI is InChI=1S/C14H15Br2N3O/c1-3-19-14(20)13(16)12(8-17-19)18-9(2)10-4-6-11(15)7-5-10/h4-9,18H,3H2,1-2H3. The van der Waals surface area contributed by atoms with Crippen LogP contribution in [0, 0.1) is 0 Å². The Morgan fingerprint density at radius 2 is 1.95 bits per heavy atom. The van der Waals surface area contributed by atoms with E-state index in [0.29, 0.717) is 16.7 Å². The summed E-state index contributed by atoms with van der Waals surface area (Å²) in [5.74, 6) is 0. The number of benzene rings is 1. The fourth-order valence-electron chi connectivity index (χ4n) is 1.86. The zero-order valence-electron chi connectivity index (χ0n) is 11.2. The molecule has 2 aromatic rings. The molecule has 4 nitrogen and oxygen atoms in total. The Bertz CT molecular complexity index is 652. The lowest BCUT2D eigenvalue weighted by Gasteiger charge is -2.17. The summed E-state index contributed by atoms with van der Waals surface area (Å²) < 4.78 is 2.97. The van der Waals surface area contributed by atoms with E-state index in [1.807, 2.05) is 38.1 Å². The van der Waals surface area contributed by atoms with Crippen LogP contribution in [0.2, 0.25) is 0 Å². The SMILES string of the molecule is CCn1ncc(NC(C)c2ccc(Br)cc2)c(Br)c1=O. The third-order valence-corrected chi connectivity index (χ3v) is 4.32. The highest BCUT2D eigenvalue weighted by Gasteiger charge is 2.11. The fourth-order valence-corrected chi connectivity index (χ4v) is 2.54. The molecule has 0 fully saturated rings. The number of hydrogen-bond donors (Lipinski definition) is 1. The minimum atomic E-state index is -0.125. The highest BCUT2D eigenvalue weighted by Crippen LogP contribution is 2.24. The summed E-state index contributed by atoms with van der Waals surface area (Å²) >= 11 is 6.76. The molecule has 0 saturated carbocycles. The first-order valence-corrected chi connectivity index (χ1v) is 7.89. The number of halogens is 2. The smallest absolute Gasteiger partial charge is 0.283 e. The molecule has 1 aromatic heterocycles. The lowest BCUT2D eigenvalue weighted by atomic mass is 10.1. The van der Waals surface area contributed by atoms with Crippen LogP contribution in [0.25, 0.3) is 0 Å². The van der Waals surface area contributed by atoms with Crippen molar-refractivity contribution in [3.8, 4) is 0 Å². The highest BCUT2D eigenvalue weighted by molar-refractivity contribution is 9.10. The van der Waals surface area contributed by atoms with Crippen LogP contribution in [0.15, 0.2) is 44.2 Å². The van der Waals surface area contributed by atoms with E-state index in [1.165, 1.54) is 4.68 Å². The minimum absolute atomic E-state index is 0.0816. The van der Waals surface area contributed by atoms with Gasteiger partial charge in [0, 0.05) is 17.1 Å². The van der Waals surface area contributed by atoms with E-state index in [0.717, 1.165) is 10.0 Å². The third kappa shape index (κ3) is 3.30. The van der Waals surface area contributed by atoms with Gasteiger partial charge in [-0.15, -0.1) is 0 Å². The average molecular weight is 401 g/mol. The molecule has 106 valence electrons. The van der Waals surface area contributed by atoms with Crippen molar-refractivity contribution in [2.24, 2.45) is 0 Å². The van der Waals surface area contributed by atoms with E-state index < -0.39 is 0 Å². The average Bonchev–Trinajstić information content (AvgIpc) is 2.45. The predicted molar refractivity (Wildman–Crippen MR) is 88.1 cm³/mol. The molecule has 0 aliphatic rings. The Labute approximate surface area is 134 Å². The molecule has 20 heavy (non-hydrogen) atoms. The van der Waals surface area contributed by atoms with Crippen LogP contribution in [0.1, 0.15) is 25.5 Å². The summed E-state index contributed by atoms with van der Waals surface area (Å²) in [6.45, 7) is 4.49. The highest BCUT2D eigenvalue weighted by atomic mass is 79.9. The summed E-state index contributed by atoms with van der Waals surface area (Å²) in [6, 6.07) is 8.15. The molecule has 0 spiro atoms. The lowest BCUT2D eigenvalue weighted by molar-refractivity contribution is 0.612. The van der Waals surface area contributed by atoms with Crippen molar-refractivity contribution in [3.63, 3.8) is 0 Å². The number of nitrogens with one attached hydrogen (secondary N) is 1. The number of aryl methyl sites for hydroxylation is 1. The second-order valence-electron chi connectivity index (χ2n) is 4.41. The van der Waals surface area contributed by atoms with Gasteiger partial charge in [0.05, 0.1) is 11.9 Å². The Kier molecular flexibility index (Phi) is 4.99. The van der Waals surface area contributed by atoms with Crippen molar-refractivity contribution in [3.05, 3.63) is 55.3 Å². The Morgan fingerprint density at radius 3 is 2.55 bits per heavy atom. The van der Waals surface area contributed by atoms with Gasteiger partial charge in [-0.05, 0) is 47.5 Å². The Balaban J connectivity index is 2.24. The molecule has 2 rings (SSSR count). The molecule has 0 amide bonds. The van der Waals surface area contributed by atoms with Crippen LogP contribution in [-0.2, 0) is 6.54 Å². The van der Waals surface area contributed by atoms with Gasteiger partial charge in [0.25, 0.3) is 5.56 Å². The van der Waals surface area contributed by atoms with Crippen LogP contribution in [0.4, 0.5) is 5.69 Å². The summed E-state index contributed by atoms with van der Waals surface area (Å²) in [5.41, 5.74) is 1.72. The maximum absolute atomic E-state index is 12.0. The van der Waals surface area contributed by atoms with Crippen LogP contribution in [0.3, 0.4) is 0 Å². The van der Waals surface area contributed by atoms with Gasteiger partial charge in [0.15, 0.2) is 0 Å². The van der Waals surface area contributed by atoms with Gasteiger partial charge >= 0.3 is 0 Å². The van der Waals surface area contributed by atoms with Crippen LogP contribution < -0.4 is 10.9 Å². The van der Waals surface area contributed by atoms with Gasteiger partial charge in [-0.2, -0.15) is 5.10 Å². The summed E-state index contributed by atoms with van der Waals surface area (Å²) in [6.07, 6.45) is 1.67. The second-order valence-corrected chi connectivity index (χ2v) is 6.12. The normalized spacial score (nSPS) is 12.2. The van der Waals surface area contributed by atoms with Crippen LogP contribution >= 0.6 is 31.9 Å². The van der Waals surface area contributed by atoms with Crippen LogP contribution in [0.5, 0.6) is 0 Å². The van der Waals surface area contributed by atoms with E-state index in [4.69, 9.17) is 0 Å². The number of hydrogen-bond acceptors (Lipinski definition) is 3. The van der Waals surface area contributed by atoms with E-state index in [2.05, 4.69) is 42.3 Å². The van der Waals surface area contributed by atoms with E-state index in [-0.39, 0.29) is 11.6 Å². The number of nitrogens with zero attached hydrogens (tertiary/aromatic N) is 2. The maximum Gasteiger partial charge on any atom is 0.283 e. The summed E-state index contributed by atoms with van der Waals surface area (Å²) in [5, 5.41) is 7.42. The molecule has 1 N–H and O–H groups in total. The van der Waals surface area contributed by atoms with Crippen molar-refractivity contribution in [1.82, 2.24) is 9.78 Å². The second kappa shape index (κ2) is 6.54. The molecule has 0 saturated heterocycles. The van der Waals surface area contributed by atoms with Crippen molar-refractivity contribution in [1.29, 1.82) is 0 Å². The number of anilines is 1. The van der Waals surface area contributed by atoms with Gasteiger partial charge in [-0.3, -0.25) is 4.79 Å².